The van der Waals surface area contributed by atoms with Crippen molar-refractivity contribution in [3.05, 3.63) is 73.4 Å². The third-order valence-corrected chi connectivity index (χ3v) is 5.98. The van der Waals surface area contributed by atoms with Crippen LogP contribution in [0.1, 0.15) is 11.5 Å². The zero-order valence-electron chi connectivity index (χ0n) is 16.8. The van der Waals surface area contributed by atoms with Crippen molar-refractivity contribution in [3.63, 3.8) is 0 Å². The van der Waals surface area contributed by atoms with Crippen molar-refractivity contribution in [1.29, 1.82) is 0 Å². The Kier molecular flexibility index (Phi) is 4.76. The monoisotopic (exact) mass is 446 g/mol. The molecule has 0 saturated heterocycles. The van der Waals surface area contributed by atoms with Gasteiger partial charge < -0.3 is 8.98 Å². The van der Waals surface area contributed by atoms with E-state index < -0.39 is 26.8 Å². The SMILES string of the molecule is Cn1c(=O)c2c(ncn2Cc2nn(Cc3ccc(S(C)(=O)=O)cc3)c(=O)o2)n(C)c1=O. The molecule has 31 heavy (non-hydrogen) atoms. The Labute approximate surface area is 174 Å². The lowest BCUT2D eigenvalue weighted by atomic mass is 10.2. The van der Waals surface area contributed by atoms with Crippen LogP contribution in [-0.2, 0) is 37.0 Å². The number of nitrogens with zero attached hydrogens (tertiary/aromatic N) is 6. The zero-order valence-corrected chi connectivity index (χ0v) is 17.7. The van der Waals surface area contributed by atoms with E-state index in [1.807, 2.05) is 0 Å². The highest BCUT2D eigenvalue weighted by Crippen LogP contribution is 2.11. The Bertz CT molecular complexity index is 1580. The average molecular weight is 446 g/mol. The summed E-state index contributed by atoms with van der Waals surface area (Å²) in [5.74, 6) is -0.653. The molecule has 0 saturated carbocycles. The maximum atomic E-state index is 12.5. The molecule has 0 bridgehead atoms. The van der Waals surface area contributed by atoms with Crippen LogP contribution in [0.4, 0.5) is 0 Å². The molecule has 0 amide bonds. The van der Waals surface area contributed by atoms with Gasteiger partial charge in [0.05, 0.1) is 17.8 Å². The molecule has 4 aromatic rings. The van der Waals surface area contributed by atoms with Gasteiger partial charge in [-0.3, -0.25) is 13.9 Å². The number of hydrogen-bond donors (Lipinski definition) is 0. The van der Waals surface area contributed by atoms with Gasteiger partial charge >= 0.3 is 11.4 Å². The first kappa shape index (κ1) is 20.5. The molecule has 0 fully saturated rings. The average Bonchev–Trinajstić information content (AvgIpc) is 3.28. The summed E-state index contributed by atoms with van der Waals surface area (Å²) in [5, 5.41) is 4.14. The number of aryl methyl sites for hydroxylation is 1. The van der Waals surface area contributed by atoms with Crippen molar-refractivity contribution in [3.8, 4) is 0 Å². The van der Waals surface area contributed by atoms with Gasteiger partial charge in [0.2, 0.25) is 5.89 Å². The van der Waals surface area contributed by atoms with Crippen molar-refractivity contribution in [2.75, 3.05) is 6.26 Å². The molecule has 13 heteroatoms. The van der Waals surface area contributed by atoms with Crippen LogP contribution < -0.4 is 17.0 Å². The highest BCUT2D eigenvalue weighted by atomic mass is 32.2. The Balaban J connectivity index is 1.64. The van der Waals surface area contributed by atoms with Crippen molar-refractivity contribution < 1.29 is 12.8 Å². The van der Waals surface area contributed by atoms with E-state index in [2.05, 4.69) is 10.1 Å². The molecule has 162 valence electrons. The largest absolute Gasteiger partial charge is 0.437 e. The summed E-state index contributed by atoms with van der Waals surface area (Å²) in [6.07, 6.45) is 2.48. The summed E-state index contributed by atoms with van der Waals surface area (Å²) in [6, 6.07) is 6.08. The van der Waals surface area contributed by atoms with E-state index in [0.29, 0.717) is 5.56 Å². The molecule has 3 heterocycles. The van der Waals surface area contributed by atoms with Crippen LogP contribution in [0.25, 0.3) is 11.2 Å². The molecule has 0 N–H and O–H groups in total. The fraction of sp³-hybridized carbons (Fsp3) is 0.278. The first-order chi connectivity index (χ1) is 14.6. The minimum absolute atomic E-state index is 0.0425. The molecule has 1 aromatic carbocycles. The Morgan fingerprint density at radius 3 is 2.32 bits per heavy atom. The zero-order chi connectivity index (χ0) is 22.5. The molecule has 0 radical (unpaired) electrons. The minimum Gasteiger partial charge on any atom is -0.390 e. The van der Waals surface area contributed by atoms with Crippen LogP contribution >= 0.6 is 0 Å². The molecule has 0 spiro atoms. The first-order valence-electron chi connectivity index (χ1n) is 9.03. The number of sulfone groups is 1. The van der Waals surface area contributed by atoms with E-state index in [4.69, 9.17) is 4.42 Å². The fourth-order valence-corrected chi connectivity index (χ4v) is 3.82. The number of fused-ring (bicyclic) bond motifs is 1. The van der Waals surface area contributed by atoms with E-state index in [-0.39, 0.29) is 35.0 Å². The maximum absolute atomic E-state index is 12.5. The second kappa shape index (κ2) is 7.19. The molecule has 0 atom stereocenters. The van der Waals surface area contributed by atoms with E-state index in [1.165, 1.54) is 41.7 Å². The Hall–Kier alpha value is -3.74. The normalized spacial score (nSPS) is 12.0. The Morgan fingerprint density at radius 2 is 1.68 bits per heavy atom. The van der Waals surface area contributed by atoms with Crippen LogP contribution in [0.3, 0.4) is 0 Å². The van der Waals surface area contributed by atoms with Crippen molar-refractivity contribution in [2.45, 2.75) is 18.0 Å². The third-order valence-electron chi connectivity index (χ3n) is 4.85. The summed E-state index contributed by atoms with van der Waals surface area (Å²) in [4.78, 5) is 41.0. The molecule has 4 rings (SSSR count). The lowest BCUT2D eigenvalue weighted by molar-refractivity contribution is 0.441. The number of aromatic nitrogens is 6. The lowest BCUT2D eigenvalue weighted by Gasteiger charge is -2.04. The van der Waals surface area contributed by atoms with Crippen molar-refractivity contribution in [1.82, 2.24) is 28.5 Å². The van der Waals surface area contributed by atoms with E-state index in [9.17, 15) is 22.8 Å². The van der Waals surface area contributed by atoms with Gasteiger partial charge in [-0.1, -0.05) is 12.1 Å². The number of imidazole rings is 1. The topological polar surface area (TPSA) is 144 Å². The predicted octanol–water partition coefficient (Wildman–Crippen LogP) is -0.916. The van der Waals surface area contributed by atoms with Crippen LogP contribution in [-0.4, -0.2) is 43.1 Å². The Morgan fingerprint density at radius 1 is 1.00 bits per heavy atom. The van der Waals surface area contributed by atoms with Gasteiger partial charge in [-0.05, 0) is 17.7 Å². The molecule has 3 aromatic heterocycles. The van der Waals surface area contributed by atoms with Crippen LogP contribution in [0, 0.1) is 0 Å². The second-order valence-electron chi connectivity index (χ2n) is 7.09. The molecular formula is C18H18N6O6S. The van der Waals surface area contributed by atoms with Crippen molar-refractivity contribution in [2.24, 2.45) is 14.1 Å². The highest BCUT2D eigenvalue weighted by Gasteiger charge is 2.17. The standard InChI is InChI=1S/C18H18N6O6S/c1-21-15-14(16(25)22(2)17(21)26)23(10-19-15)9-13-20-24(18(27)30-13)8-11-4-6-12(7-5-11)31(3,28)29/h4-7,10H,8-9H2,1-3H3. The van der Waals surface area contributed by atoms with E-state index in [0.717, 1.165) is 15.5 Å². The second-order valence-corrected chi connectivity index (χ2v) is 9.10. The van der Waals surface area contributed by atoms with Crippen LogP contribution in [0.2, 0.25) is 0 Å². The quantitative estimate of drug-likeness (QED) is 0.383. The molecule has 0 aliphatic rings. The fourth-order valence-electron chi connectivity index (χ4n) is 3.19. The third kappa shape index (κ3) is 3.63. The number of benzene rings is 1. The summed E-state index contributed by atoms with van der Waals surface area (Å²) < 4.78 is 33.1. The first-order valence-corrected chi connectivity index (χ1v) is 10.9. The van der Waals surface area contributed by atoms with Crippen molar-refractivity contribution >= 4 is 21.0 Å². The summed E-state index contributed by atoms with van der Waals surface area (Å²) in [7, 11) is -0.444. The lowest BCUT2D eigenvalue weighted by Crippen LogP contribution is -2.37. The number of rotatable bonds is 5. The van der Waals surface area contributed by atoms with Gasteiger partial charge in [0.25, 0.3) is 5.56 Å². The molecule has 0 aliphatic carbocycles. The summed E-state index contributed by atoms with van der Waals surface area (Å²) in [5.41, 5.74) is 0.0223. The van der Waals surface area contributed by atoms with Gasteiger partial charge in [-0.2, -0.15) is 4.68 Å². The van der Waals surface area contributed by atoms with Gasteiger partial charge in [0, 0.05) is 20.4 Å². The van der Waals surface area contributed by atoms with Gasteiger partial charge in [-0.25, -0.2) is 23.0 Å². The van der Waals surface area contributed by atoms with E-state index >= 15 is 0 Å². The van der Waals surface area contributed by atoms with Gasteiger partial charge in [-0.15, -0.1) is 5.10 Å². The van der Waals surface area contributed by atoms with Gasteiger partial charge in [0.1, 0.15) is 6.54 Å². The smallest absolute Gasteiger partial charge is 0.390 e. The molecule has 12 nitrogen and oxygen atoms in total. The maximum Gasteiger partial charge on any atom is 0.437 e. The predicted molar refractivity (Wildman–Crippen MR) is 109 cm³/mol. The van der Waals surface area contributed by atoms with E-state index in [1.54, 1.807) is 12.1 Å². The molecule has 0 aliphatic heterocycles. The summed E-state index contributed by atoms with van der Waals surface area (Å²) >= 11 is 0. The van der Waals surface area contributed by atoms with Crippen LogP contribution in [0.15, 0.2) is 54.3 Å². The number of hydrogen-bond acceptors (Lipinski definition) is 8. The minimum atomic E-state index is -3.32. The van der Waals surface area contributed by atoms with Gasteiger partial charge in [0.15, 0.2) is 21.0 Å². The summed E-state index contributed by atoms with van der Waals surface area (Å²) in [6.45, 7) is 0.0342. The van der Waals surface area contributed by atoms with Crippen LogP contribution in [0.5, 0.6) is 0 Å². The highest BCUT2D eigenvalue weighted by molar-refractivity contribution is 7.90. The molecular weight excluding hydrogens is 428 g/mol. The molecule has 0 unspecified atom stereocenters.